The Kier molecular flexibility index (Phi) is 5.30. The van der Waals surface area contributed by atoms with Gasteiger partial charge in [-0.25, -0.2) is 9.37 Å². The monoisotopic (exact) mass is 389 g/mol. The molecule has 4 nitrogen and oxygen atoms in total. The zero-order valence-corrected chi connectivity index (χ0v) is 16.7. The van der Waals surface area contributed by atoms with Crippen molar-refractivity contribution in [2.45, 2.75) is 32.9 Å². The van der Waals surface area contributed by atoms with Crippen LogP contribution in [0.15, 0.2) is 60.8 Å². The van der Waals surface area contributed by atoms with Gasteiger partial charge in [-0.05, 0) is 42.7 Å². The van der Waals surface area contributed by atoms with E-state index >= 15 is 0 Å². The first kappa shape index (κ1) is 19.1. The lowest BCUT2D eigenvalue weighted by Crippen LogP contribution is -2.22. The molecule has 1 amide bonds. The minimum atomic E-state index is -0.210. The van der Waals surface area contributed by atoms with Crippen molar-refractivity contribution in [2.75, 3.05) is 11.9 Å². The third-order valence-electron chi connectivity index (χ3n) is 5.47. The number of pyridine rings is 1. The standard InChI is InChI=1S/C24H24FN3O/c1-3-28-15-21-20(24(28)29)11-12-26-23(21)27-16(2)18-9-10-19(22(25)14-18)13-17-7-5-4-6-8-17/h4-12,14,16H,3,13,15H2,1-2H3,(H,26,27)/t16-/m0/s1. The zero-order chi connectivity index (χ0) is 20.4. The molecule has 2 heterocycles. The van der Waals surface area contributed by atoms with Crippen molar-refractivity contribution in [3.05, 3.63) is 94.4 Å². The molecule has 1 aliphatic heterocycles. The normalized spacial score (nSPS) is 14.0. The van der Waals surface area contributed by atoms with E-state index in [1.807, 2.05) is 56.3 Å². The Morgan fingerprint density at radius 2 is 1.97 bits per heavy atom. The van der Waals surface area contributed by atoms with Crippen molar-refractivity contribution in [3.63, 3.8) is 0 Å². The number of carbonyl (C=O) groups excluding carboxylic acids is 1. The number of nitrogens with zero attached hydrogens (tertiary/aromatic N) is 2. The number of amides is 1. The average molecular weight is 389 g/mol. The summed E-state index contributed by atoms with van der Waals surface area (Å²) in [5.74, 6) is 0.517. The summed E-state index contributed by atoms with van der Waals surface area (Å²) in [6.45, 7) is 5.16. The van der Waals surface area contributed by atoms with Crippen molar-refractivity contribution in [1.82, 2.24) is 9.88 Å². The Balaban J connectivity index is 1.52. The Hall–Kier alpha value is -3.21. The number of benzene rings is 2. The van der Waals surface area contributed by atoms with Crippen molar-refractivity contribution >= 4 is 11.7 Å². The zero-order valence-electron chi connectivity index (χ0n) is 16.7. The first-order valence-corrected chi connectivity index (χ1v) is 9.92. The number of halogens is 1. The van der Waals surface area contributed by atoms with Crippen molar-refractivity contribution in [2.24, 2.45) is 0 Å². The number of carbonyl (C=O) groups is 1. The number of rotatable bonds is 6. The van der Waals surface area contributed by atoms with Crippen LogP contribution in [0.2, 0.25) is 0 Å². The number of aromatic nitrogens is 1. The molecular weight excluding hydrogens is 365 g/mol. The van der Waals surface area contributed by atoms with Gasteiger partial charge in [0, 0.05) is 30.3 Å². The van der Waals surface area contributed by atoms with Crippen LogP contribution in [0.4, 0.5) is 10.2 Å². The smallest absolute Gasteiger partial charge is 0.254 e. The van der Waals surface area contributed by atoms with Crippen LogP contribution in [0.5, 0.6) is 0 Å². The molecule has 4 rings (SSSR count). The van der Waals surface area contributed by atoms with Crippen LogP contribution in [0.3, 0.4) is 0 Å². The molecule has 1 aromatic heterocycles. The maximum atomic E-state index is 14.7. The molecule has 2 aromatic carbocycles. The second kappa shape index (κ2) is 8.03. The SMILES string of the molecule is CCN1Cc2c(ccnc2N[C@@H](C)c2ccc(Cc3ccccc3)c(F)c2)C1=O. The molecule has 3 aromatic rings. The highest BCUT2D eigenvalue weighted by Crippen LogP contribution is 2.30. The molecule has 0 unspecified atom stereocenters. The van der Waals surface area contributed by atoms with Gasteiger partial charge in [0.05, 0.1) is 12.6 Å². The molecule has 0 aliphatic carbocycles. The highest BCUT2D eigenvalue weighted by molar-refractivity contribution is 5.99. The fraction of sp³-hybridized carbons (Fsp3) is 0.250. The quantitative estimate of drug-likeness (QED) is 0.648. The summed E-state index contributed by atoms with van der Waals surface area (Å²) in [5, 5.41) is 3.36. The van der Waals surface area contributed by atoms with Crippen LogP contribution in [-0.2, 0) is 13.0 Å². The number of hydrogen-bond donors (Lipinski definition) is 1. The average Bonchev–Trinajstić information content (AvgIpc) is 3.07. The van der Waals surface area contributed by atoms with E-state index < -0.39 is 0 Å². The van der Waals surface area contributed by atoms with Crippen LogP contribution in [0.1, 0.15) is 52.5 Å². The van der Waals surface area contributed by atoms with Gasteiger partial charge in [0.1, 0.15) is 11.6 Å². The lowest BCUT2D eigenvalue weighted by molar-refractivity contribution is 0.0787. The molecule has 1 N–H and O–H groups in total. The topological polar surface area (TPSA) is 45.2 Å². The van der Waals surface area contributed by atoms with Gasteiger partial charge >= 0.3 is 0 Å². The van der Waals surface area contributed by atoms with Gasteiger partial charge in [-0.15, -0.1) is 0 Å². The number of anilines is 1. The summed E-state index contributed by atoms with van der Waals surface area (Å²) in [7, 11) is 0. The van der Waals surface area contributed by atoms with E-state index in [1.54, 1.807) is 23.2 Å². The largest absolute Gasteiger partial charge is 0.363 e. The van der Waals surface area contributed by atoms with E-state index in [0.29, 0.717) is 36.5 Å². The molecule has 0 fully saturated rings. The van der Waals surface area contributed by atoms with Gasteiger partial charge in [0.15, 0.2) is 0 Å². The summed E-state index contributed by atoms with van der Waals surface area (Å²) >= 11 is 0. The van der Waals surface area contributed by atoms with Crippen LogP contribution in [0, 0.1) is 5.82 Å². The van der Waals surface area contributed by atoms with E-state index in [1.165, 1.54) is 0 Å². The third kappa shape index (κ3) is 3.86. The summed E-state index contributed by atoms with van der Waals surface area (Å²) in [6, 6.07) is 16.9. The lowest BCUT2D eigenvalue weighted by atomic mass is 10.0. The van der Waals surface area contributed by atoms with Crippen molar-refractivity contribution in [3.8, 4) is 0 Å². The summed E-state index contributed by atoms with van der Waals surface area (Å²) in [6.07, 6.45) is 2.21. The molecule has 148 valence electrons. The highest BCUT2D eigenvalue weighted by Gasteiger charge is 2.29. The van der Waals surface area contributed by atoms with Crippen molar-refractivity contribution < 1.29 is 9.18 Å². The molecule has 1 aliphatic rings. The Labute approximate surface area is 170 Å². The van der Waals surface area contributed by atoms with Gasteiger partial charge < -0.3 is 10.2 Å². The summed E-state index contributed by atoms with van der Waals surface area (Å²) < 4.78 is 14.7. The maximum absolute atomic E-state index is 14.7. The molecule has 0 bridgehead atoms. The summed E-state index contributed by atoms with van der Waals surface area (Å²) in [5.41, 5.74) is 4.21. The number of nitrogens with one attached hydrogen (secondary N) is 1. The van der Waals surface area contributed by atoms with E-state index in [0.717, 1.165) is 16.7 Å². The fourth-order valence-corrected chi connectivity index (χ4v) is 3.75. The van der Waals surface area contributed by atoms with Gasteiger partial charge in [0.25, 0.3) is 5.91 Å². The van der Waals surface area contributed by atoms with Crippen LogP contribution < -0.4 is 5.32 Å². The van der Waals surface area contributed by atoms with E-state index in [9.17, 15) is 9.18 Å². The Bertz CT molecular complexity index is 1040. The highest BCUT2D eigenvalue weighted by atomic mass is 19.1. The van der Waals surface area contributed by atoms with Crippen LogP contribution in [-0.4, -0.2) is 22.3 Å². The Morgan fingerprint density at radius 3 is 2.69 bits per heavy atom. The van der Waals surface area contributed by atoms with E-state index in [-0.39, 0.29) is 17.8 Å². The predicted octanol–water partition coefficient (Wildman–Crippen LogP) is 4.96. The van der Waals surface area contributed by atoms with Gasteiger partial charge in [0.2, 0.25) is 0 Å². The number of fused-ring (bicyclic) bond motifs is 1. The molecule has 0 spiro atoms. The van der Waals surface area contributed by atoms with Crippen LogP contribution in [0.25, 0.3) is 0 Å². The molecule has 5 heteroatoms. The molecule has 0 saturated heterocycles. The minimum absolute atomic E-state index is 0.0388. The number of hydrogen-bond acceptors (Lipinski definition) is 3. The first-order chi connectivity index (χ1) is 14.1. The molecule has 0 radical (unpaired) electrons. The fourth-order valence-electron chi connectivity index (χ4n) is 3.75. The second-order valence-electron chi connectivity index (χ2n) is 7.38. The predicted molar refractivity (Wildman–Crippen MR) is 112 cm³/mol. The first-order valence-electron chi connectivity index (χ1n) is 9.92. The lowest BCUT2D eigenvalue weighted by Gasteiger charge is -2.18. The Morgan fingerprint density at radius 1 is 1.17 bits per heavy atom. The molecule has 0 saturated carbocycles. The van der Waals surface area contributed by atoms with Gasteiger partial charge in [-0.1, -0.05) is 42.5 Å². The molecular formula is C24H24FN3O. The molecule has 1 atom stereocenters. The van der Waals surface area contributed by atoms with Crippen molar-refractivity contribution in [1.29, 1.82) is 0 Å². The van der Waals surface area contributed by atoms with Gasteiger partial charge in [-0.2, -0.15) is 0 Å². The summed E-state index contributed by atoms with van der Waals surface area (Å²) in [4.78, 5) is 18.6. The van der Waals surface area contributed by atoms with E-state index in [2.05, 4.69) is 10.3 Å². The van der Waals surface area contributed by atoms with Gasteiger partial charge in [-0.3, -0.25) is 4.79 Å². The minimum Gasteiger partial charge on any atom is -0.363 e. The maximum Gasteiger partial charge on any atom is 0.254 e. The van der Waals surface area contributed by atoms with E-state index in [4.69, 9.17) is 0 Å². The van der Waals surface area contributed by atoms with Crippen LogP contribution >= 0.6 is 0 Å². The second-order valence-corrected chi connectivity index (χ2v) is 7.38. The third-order valence-corrected chi connectivity index (χ3v) is 5.47. The molecule has 29 heavy (non-hydrogen) atoms.